The second-order valence-corrected chi connectivity index (χ2v) is 6.04. The minimum Gasteiger partial charge on any atom is -0.459 e. The predicted octanol–water partition coefficient (Wildman–Crippen LogP) is 4.10. The molecule has 1 aromatic rings. The van der Waals surface area contributed by atoms with E-state index in [1.54, 1.807) is 20.8 Å². The van der Waals surface area contributed by atoms with Gasteiger partial charge in [-0.1, -0.05) is 15.9 Å². The summed E-state index contributed by atoms with van der Waals surface area (Å²) >= 11 is 3.06. The molecule has 0 saturated heterocycles. The van der Waals surface area contributed by atoms with E-state index >= 15 is 0 Å². The van der Waals surface area contributed by atoms with Crippen LogP contribution in [0, 0.1) is 0 Å². The number of carbonyl (C=O) groups excluding carboxylic acids is 1. The van der Waals surface area contributed by atoms with Gasteiger partial charge in [0, 0.05) is 4.47 Å². The Morgan fingerprint density at radius 3 is 2.43 bits per heavy atom. The van der Waals surface area contributed by atoms with E-state index in [0.717, 1.165) is 6.07 Å². The Kier molecular flexibility index (Phi) is 5.49. The molecule has 4 nitrogen and oxygen atoms in total. The van der Waals surface area contributed by atoms with Crippen molar-refractivity contribution in [3.05, 3.63) is 22.7 Å². The Morgan fingerprint density at radius 2 is 1.90 bits per heavy atom. The monoisotopic (exact) mass is 369 g/mol. The molecule has 0 spiro atoms. The standard InChI is InChI=1S/C13H15BrF3NO3/c1-12(2,3)21-11(19)7-18-9-5-4-8(14)6-10(9)20-13(15,16)17/h4-6,18H,7H2,1-3H3. The number of rotatable bonds is 4. The van der Waals surface area contributed by atoms with E-state index in [1.165, 1.54) is 12.1 Å². The number of benzene rings is 1. The van der Waals surface area contributed by atoms with Crippen molar-refractivity contribution in [3.8, 4) is 5.75 Å². The number of alkyl halides is 3. The predicted molar refractivity (Wildman–Crippen MR) is 75.2 cm³/mol. The molecular weight excluding hydrogens is 355 g/mol. The molecule has 0 aliphatic rings. The molecule has 0 saturated carbocycles. The molecule has 0 aliphatic carbocycles. The highest BCUT2D eigenvalue weighted by Gasteiger charge is 2.32. The zero-order chi connectivity index (χ0) is 16.3. The van der Waals surface area contributed by atoms with E-state index in [0.29, 0.717) is 4.47 Å². The average molecular weight is 370 g/mol. The molecule has 21 heavy (non-hydrogen) atoms. The van der Waals surface area contributed by atoms with Crippen LogP contribution in [-0.4, -0.2) is 24.5 Å². The van der Waals surface area contributed by atoms with Gasteiger partial charge in [-0.25, -0.2) is 0 Å². The van der Waals surface area contributed by atoms with Gasteiger partial charge in [-0.3, -0.25) is 4.79 Å². The van der Waals surface area contributed by atoms with Crippen LogP contribution in [0.3, 0.4) is 0 Å². The third kappa shape index (κ3) is 7.22. The maximum Gasteiger partial charge on any atom is 0.573 e. The summed E-state index contributed by atoms with van der Waals surface area (Å²) in [4.78, 5) is 11.5. The van der Waals surface area contributed by atoms with Gasteiger partial charge in [0.05, 0.1) is 5.69 Å². The van der Waals surface area contributed by atoms with Crippen molar-refractivity contribution in [2.45, 2.75) is 32.7 Å². The van der Waals surface area contributed by atoms with Gasteiger partial charge in [0.1, 0.15) is 12.1 Å². The number of esters is 1. The van der Waals surface area contributed by atoms with Crippen molar-refractivity contribution in [3.63, 3.8) is 0 Å². The van der Waals surface area contributed by atoms with Crippen LogP contribution < -0.4 is 10.1 Å². The normalized spacial score (nSPS) is 12.0. The second kappa shape index (κ2) is 6.55. The molecule has 0 bridgehead atoms. The van der Waals surface area contributed by atoms with E-state index in [9.17, 15) is 18.0 Å². The molecule has 0 aromatic heterocycles. The molecule has 0 amide bonds. The molecule has 1 aromatic carbocycles. The molecule has 118 valence electrons. The van der Waals surface area contributed by atoms with Gasteiger partial charge >= 0.3 is 12.3 Å². The smallest absolute Gasteiger partial charge is 0.459 e. The Bertz CT molecular complexity index is 512. The molecule has 0 radical (unpaired) electrons. The Hall–Kier alpha value is -1.44. The Labute approximate surface area is 128 Å². The summed E-state index contributed by atoms with van der Waals surface area (Å²) in [5.74, 6) is -1.01. The van der Waals surface area contributed by atoms with Crippen LogP contribution in [0.15, 0.2) is 22.7 Å². The first-order valence-electron chi connectivity index (χ1n) is 5.97. The number of carbonyl (C=O) groups is 1. The summed E-state index contributed by atoms with van der Waals surface area (Å²) in [5, 5.41) is 2.57. The molecule has 0 atom stereocenters. The molecule has 0 fully saturated rings. The Balaban J connectivity index is 2.77. The van der Waals surface area contributed by atoms with Gasteiger partial charge in [-0.2, -0.15) is 0 Å². The van der Waals surface area contributed by atoms with Gasteiger partial charge in [-0.15, -0.1) is 13.2 Å². The summed E-state index contributed by atoms with van der Waals surface area (Å²) in [5.41, 5.74) is -0.620. The summed E-state index contributed by atoms with van der Waals surface area (Å²) in [6.07, 6.45) is -4.82. The number of anilines is 1. The van der Waals surface area contributed by atoms with Crippen molar-refractivity contribution in [1.82, 2.24) is 0 Å². The van der Waals surface area contributed by atoms with Crippen LogP contribution in [0.4, 0.5) is 18.9 Å². The first-order chi connectivity index (χ1) is 9.46. The topological polar surface area (TPSA) is 47.6 Å². The number of halogens is 4. The van der Waals surface area contributed by atoms with Crippen LogP contribution in [0.5, 0.6) is 5.75 Å². The van der Waals surface area contributed by atoms with E-state index in [-0.39, 0.29) is 12.2 Å². The first kappa shape index (κ1) is 17.6. The van der Waals surface area contributed by atoms with Gasteiger partial charge in [0.2, 0.25) is 0 Å². The van der Waals surface area contributed by atoms with E-state index in [1.807, 2.05) is 0 Å². The summed E-state index contributed by atoms with van der Waals surface area (Å²) in [7, 11) is 0. The zero-order valence-electron chi connectivity index (χ0n) is 11.7. The van der Waals surface area contributed by atoms with Gasteiger partial charge < -0.3 is 14.8 Å². The fourth-order valence-electron chi connectivity index (χ4n) is 1.40. The maximum absolute atomic E-state index is 12.3. The SMILES string of the molecule is CC(C)(C)OC(=O)CNc1ccc(Br)cc1OC(F)(F)F. The van der Waals surface area contributed by atoms with Crippen molar-refractivity contribution < 1.29 is 27.4 Å². The molecule has 0 aliphatic heterocycles. The quantitative estimate of drug-likeness (QED) is 0.811. The minimum atomic E-state index is -4.82. The maximum atomic E-state index is 12.3. The lowest BCUT2D eigenvalue weighted by atomic mass is 10.2. The van der Waals surface area contributed by atoms with Gasteiger partial charge in [0.25, 0.3) is 0 Å². The van der Waals surface area contributed by atoms with Crippen LogP contribution in [0.2, 0.25) is 0 Å². The summed E-state index contributed by atoms with van der Waals surface area (Å²) in [6, 6.07) is 4.06. The van der Waals surface area contributed by atoms with Crippen LogP contribution >= 0.6 is 15.9 Å². The fourth-order valence-corrected chi connectivity index (χ4v) is 1.74. The number of hydrogen-bond acceptors (Lipinski definition) is 4. The summed E-state index contributed by atoms with van der Waals surface area (Å²) in [6.45, 7) is 4.82. The molecule has 0 unspecified atom stereocenters. The molecular formula is C13H15BrF3NO3. The molecule has 8 heteroatoms. The highest BCUT2D eigenvalue weighted by atomic mass is 79.9. The lowest BCUT2D eigenvalue weighted by molar-refractivity contribution is -0.274. The average Bonchev–Trinajstić information content (AvgIpc) is 2.23. The van der Waals surface area contributed by atoms with Crippen molar-refractivity contribution in [2.24, 2.45) is 0 Å². The molecule has 0 heterocycles. The third-order valence-electron chi connectivity index (χ3n) is 2.01. The number of ether oxygens (including phenoxy) is 2. The van der Waals surface area contributed by atoms with Crippen LogP contribution in [-0.2, 0) is 9.53 Å². The third-order valence-corrected chi connectivity index (χ3v) is 2.51. The minimum absolute atomic E-state index is 0.0429. The van der Waals surface area contributed by atoms with E-state index < -0.39 is 23.7 Å². The highest BCUT2D eigenvalue weighted by molar-refractivity contribution is 9.10. The van der Waals surface area contributed by atoms with Gasteiger partial charge in [-0.05, 0) is 39.0 Å². The highest BCUT2D eigenvalue weighted by Crippen LogP contribution is 2.32. The zero-order valence-corrected chi connectivity index (χ0v) is 13.3. The van der Waals surface area contributed by atoms with Crippen molar-refractivity contribution >= 4 is 27.6 Å². The van der Waals surface area contributed by atoms with Crippen LogP contribution in [0.1, 0.15) is 20.8 Å². The number of hydrogen-bond donors (Lipinski definition) is 1. The van der Waals surface area contributed by atoms with Crippen LogP contribution in [0.25, 0.3) is 0 Å². The lowest BCUT2D eigenvalue weighted by Gasteiger charge is -2.20. The van der Waals surface area contributed by atoms with E-state index in [4.69, 9.17) is 4.74 Å². The Morgan fingerprint density at radius 1 is 1.29 bits per heavy atom. The largest absolute Gasteiger partial charge is 0.573 e. The number of nitrogens with one attached hydrogen (secondary N) is 1. The second-order valence-electron chi connectivity index (χ2n) is 5.13. The lowest BCUT2D eigenvalue weighted by Crippen LogP contribution is -2.28. The van der Waals surface area contributed by atoms with Crippen molar-refractivity contribution in [1.29, 1.82) is 0 Å². The van der Waals surface area contributed by atoms with E-state index in [2.05, 4.69) is 26.0 Å². The van der Waals surface area contributed by atoms with Gasteiger partial charge in [0.15, 0.2) is 5.75 Å². The first-order valence-corrected chi connectivity index (χ1v) is 6.76. The summed E-state index contributed by atoms with van der Waals surface area (Å²) < 4.78 is 46.3. The fraction of sp³-hybridized carbons (Fsp3) is 0.462. The molecule has 1 rings (SSSR count). The van der Waals surface area contributed by atoms with Crippen molar-refractivity contribution in [2.75, 3.05) is 11.9 Å². The molecule has 1 N–H and O–H groups in total.